The number of aromatic nitrogens is 2. The molecule has 4 rings (SSSR count). The number of aryl methyl sites for hydroxylation is 2. The van der Waals surface area contributed by atoms with Gasteiger partial charge in [-0.3, -0.25) is 9.69 Å². The second kappa shape index (κ2) is 7.04. The number of hydrogen-bond donors (Lipinski definition) is 0. The number of likely N-dealkylation sites (N-methyl/N-ethyl adjacent to an activating group) is 1. The quantitative estimate of drug-likeness (QED) is 0.821. The average molecular weight is 364 g/mol. The summed E-state index contributed by atoms with van der Waals surface area (Å²) in [6, 6.07) is 10.8. The van der Waals surface area contributed by atoms with E-state index >= 15 is 0 Å². The second-order valence-corrected chi connectivity index (χ2v) is 8.13. The lowest BCUT2D eigenvalue weighted by Gasteiger charge is -2.43. The third-order valence-electron chi connectivity index (χ3n) is 6.51. The predicted molar refractivity (Wildman–Crippen MR) is 106 cm³/mol. The number of amides is 1. The first kappa shape index (κ1) is 18.1. The molecule has 1 aromatic heterocycles. The maximum atomic E-state index is 12.9. The van der Waals surface area contributed by atoms with E-state index < -0.39 is 0 Å². The van der Waals surface area contributed by atoms with Crippen LogP contribution in [0.25, 0.3) is 0 Å². The molecule has 2 aliphatic heterocycles. The monoisotopic (exact) mass is 364 g/mol. The van der Waals surface area contributed by atoms with Gasteiger partial charge in [-0.25, -0.2) is 9.97 Å². The summed E-state index contributed by atoms with van der Waals surface area (Å²) in [4.78, 5) is 26.0. The predicted octanol–water partition coefficient (Wildman–Crippen LogP) is 3.19. The fourth-order valence-electron chi connectivity index (χ4n) is 4.83. The maximum absolute atomic E-state index is 12.9. The van der Waals surface area contributed by atoms with Gasteiger partial charge in [-0.2, -0.15) is 0 Å². The van der Waals surface area contributed by atoms with Gasteiger partial charge in [0.2, 0.25) is 0 Å². The van der Waals surface area contributed by atoms with E-state index in [9.17, 15) is 4.79 Å². The van der Waals surface area contributed by atoms with Crippen LogP contribution in [0, 0.1) is 13.8 Å². The molecular weight excluding hydrogens is 336 g/mol. The number of carbonyl (C=O) groups excluding carboxylic acids is 1. The molecule has 2 aliphatic rings. The lowest BCUT2D eigenvalue weighted by molar-refractivity contribution is 0.0490. The van der Waals surface area contributed by atoms with E-state index in [1.165, 1.54) is 12.0 Å². The highest BCUT2D eigenvalue weighted by Crippen LogP contribution is 2.44. The van der Waals surface area contributed by atoms with Crippen molar-refractivity contribution in [1.29, 1.82) is 0 Å². The summed E-state index contributed by atoms with van der Waals surface area (Å²) in [6.45, 7) is 6.45. The Morgan fingerprint density at radius 2 is 1.85 bits per heavy atom. The van der Waals surface area contributed by atoms with Gasteiger partial charge in [0.1, 0.15) is 5.82 Å². The van der Waals surface area contributed by atoms with E-state index in [1.807, 2.05) is 18.7 Å². The van der Waals surface area contributed by atoms with Crippen LogP contribution in [0.4, 0.5) is 0 Å². The minimum absolute atomic E-state index is 0.0719. The number of benzene rings is 1. The van der Waals surface area contributed by atoms with Gasteiger partial charge in [-0.1, -0.05) is 30.3 Å². The molecule has 27 heavy (non-hydrogen) atoms. The van der Waals surface area contributed by atoms with Gasteiger partial charge in [0, 0.05) is 31.4 Å². The van der Waals surface area contributed by atoms with Crippen molar-refractivity contribution in [2.24, 2.45) is 0 Å². The van der Waals surface area contributed by atoms with E-state index in [4.69, 9.17) is 0 Å². The first-order valence-corrected chi connectivity index (χ1v) is 9.84. The Morgan fingerprint density at radius 3 is 2.52 bits per heavy atom. The number of piperidine rings is 1. The van der Waals surface area contributed by atoms with Gasteiger partial charge in [-0.15, -0.1) is 0 Å². The fraction of sp³-hybridized carbons (Fsp3) is 0.500. The summed E-state index contributed by atoms with van der Waals surface area (Å²) in [5.74, 6) is 1.37. The third kappa shape index (κ3) is 3.36. The molecule has 2 saturated heterocycles. The molecule has 142 valence electrons. The Kier molecular flexibility index (Phi) is 4.72. The van der Waals surface area contributed by atoms with Crippen LogP contribution in [0.15, 0.2) is 36.5 Å². The minimum Gasteiger partial charge on any atom is -0.338 e. The van der Waals surface area contributed by atoms with Crippen molar-refractivity contribution >= 4 is 5.91 Å². The molecule has 2 fully saturated rings. The van der Waals surface area contributed by atoms with Crippen LogP contribution in [0.2, 0.25) is 0 Å². The SMILES string of the molecule is Cc1ncc(C(=O)N2CCC3(CC2)CC(c2ccccc2)CN3C)c(C)n1. The van der Waals surface area contributed by atoms with Crippen molar-refractivity contribution < 1.29 is 4.79 Å². The molecule has 1 spiro atoms. The summed E-state index contributed by atoms with van der Waals surface area (Å²) in [5, 5.41) is 0. The topological polar surface area (TPSA) is 49.3 Å². The molecule has 3 heterocycles. The van der Waals surface area contributed by atoms with Crippen molar-refractivity contribution in [3.05, 3.63) is 59.2 Å². The van der Waals surface area contributed by atoms with Crippen LogP contribution in [0.1, 0.15) is 52.6 Å². The molecule has 0 radical (unpaired) electrons. The zero-order valence-electron chi connectivity index (χ0n) is 16.5. The summed E-state index contributed by atoms with van der Waals surface area (Å²) < 4.78 is 0. The molecule has 1 amide bonds. The highest BCUT2D eigenvalue weighted by Gasteiger charge is 2.46. The van der Waals surface area contributed by atoms with Gasteiger partial charge in [-0.05, 0) is 51.6 Å². The molecular formula is C22H28N4O. The Balaban J connectivity index is 1.44. The second-order valence-electron chi connectivity index (χ2n) is 8.13. The van der Waals surface area contributed by atoms with Crippen molar-refractivity contribution in [1.82, 2.24) is 19.8 Å². The van der Waals surface area contributed by atoms with E-state index in [2.05, 4.69) is 52.2 Å². The Hall–Kier alpha value is -2.27. The van der Waals surface area contributed by atoms with E-state index in [1.54, 1.807) is 6.20 Å². The normalized spacial score (nSPS) is 22.3. The van der Waals surface area contributed by atoms with Crippen molar-refractivity contribution in [3.8, 4) is 0 Å². The van der Waals surface area contributed by atoms with E-state index in [-0.39, 0.29) is 11.4 Å². The Morgan fingerprint density at radius 1 is 1.15 bits per heavy atom. The Labute approximate surface area is 161 Å². The summed E-state index contributed by atoms with van der Waals surface area (Å²) in [5.41, 5.74) is 3.07. The smallest absolute Gasteiger partial charge is 0.257 e. The van der Waals surface area contributed by atoms with Crippen LogP contribution < -0.4 is 0 Å². The largest absolute Gasteiger partial charge is 0.338 e. The van der Waals surface area contributed by atoms with Crippen LogP contribution in [0.5, 0.6) is 0 Å². The standard InChI is InChI=1S/C22H28N4O/c1-16-20(14-23-17(2)24-16)21(27)26-11-9-22(10-12-26)13-19(15-25(22)3)18-7-5-4-6-8-18/h4-8,14,19H,9-13,15H2,1-3H3. The molecule has 1 atom stereocenters. The molecule has 0 saturated carbocycles. The molecule has 1 aromatic carbocycles. The van der Waals surface area contributed by atoms with Crippen LogP contribution in [-0.4, -0.2) is 57.9 Å². The number of nitrogens with zero attached hydrogens (tertiary/aromatic N) is 4. The highest BCUT2D eigenvalue weighted by molar-refractivity contribution is 5.95. The molecule has 1 unspecified atom stereocenters. The molecule has 0 bridgehead atoms. The lowest BCUT2D eigenvalue weighted by atomic mass is 9.81. The van der Waals surface area contributed by atoms with Gasteiger partial charge in [0.15, 0.2) is 0 Å². The Bertz CT molecular complexity index is 827. The van der Waals surface area contributed by atoms with E-state index in [0.29, 0.717) is 17.3 Å². The lowest BCUT2D eigenvalue weighted by Crippen LogP contribution is -2.52. The maximum Gasteiger partial charge on any atom is 0.257 e. The van der Waals surface area contributed by atoms with Crippen LogP contribution in [0.3, 0.4) is 0 Å². The molecule has 5 heteroatoms. The highest BCUT2D eigenvalue weighted by atomic mass is 16.2. The first-order valence-electron chi connectivity index (χ1n) is 9.84. The number of rotatable bonds is 2. The minimum atomic E-state index is 0.0719. The van der Waals surface area contributed by atoms with Crippen molar-refractivity contribution in [2.45, 2.75) is 44.6 Å². The number of carbonyl (C=O) groups is 1. The van der Waals surface area contributed by atoms with Crippen molar-refractivity contribution in [2.75, 3.05) is 26.7 Å². The van der Waals surface area contributed by atoms with Gasteiger partial charge in [0.05, 0.1) is 11.3 Å². The van der Waals surface area contributed by atoms with Gasteiger partial charge in [0.25, 0.3) is 5.91 Å². The van der Waals surface area contributed by atoms with E-state index in [0.717, 1.165) is 38.2 Å². The average Bonchev–Trinajstić information content (AvgIpc) is 2.99. The molecule has 0 N–H and O–H groups in total. The summed E-state index contributed by atoms with van der Waals surface area (Å²) >= 11 is 0. The van der Waals surface area contributed by atoms with Crippen LogP contribution in [-0.2, 0) is 0 Å². The third-order valence-corrected chi connectivity index (χ3v) is 6.51. The summed E-state index contributed by atoms with van der Waals surface area (Å²) in [7, 11) is 2.25. The number of hydrogen-bond acceptors (Lipinski definition) is 4. The number of likely N-dealkylation sites (tertiary alicyclic amines) is 2. The van der Waals surface area contributed by atoms with Crippen LogP contribution >= 0.6 is 0 Å². The fourth-order valence-corrected chi connectivity index (χ4v) is 4.83. The van der Waals surface area contributed by atoms with Crippen molar-refractivity contribution in [3.63, 3.8) is 0 Å². The molecule has 5 nitrogen and oxygen atoms in total. The molecule has 2 aromatic rings. The van der Waals surface area contributed by atoms with Gasteiger partial charge >= 0.3 is 0 Å². The zero-order valence-corrected chi connectivity index (χ0v) is 16.5. The van der Waals surface area contributed by atoms with Gasteiger partial charge < -0.3 is 4.90 Å². The zero-order chi connectivity index (χ0) is 19.0. The first-order chi connectivity index (χ1) is 13.0. The summed E-state index contributed by atoms with van der Waals surface area (Å²) in [6.07, 6.45) is 4.92. The molecule has 0 aliphatic carbocycles.